The predicted octanol–water partition coefficient (Wildman–Crippen LogP) is 4.56. The number of benzene rings is 3. The highest BCUT2D eigenvalue weighted by molar-refractivity contribution is 6.00. The van der Waals surface area contributed by atoms with Gasteiger partial charge in [0.15, 0.2) is 0 Å². The molecule has 8 heteroatoms. The number of carbonyl (C=O) groups excluding carboxylic acids is 2. The molecule has 0 radical (unpaired) electrons. The molecule has 4 rings (SSSR count). The van der Waals surface area contributed by atoms with Crippen molar-refractivity contribution in [1.82, 2.24) is 15.5 Å². The minimum Gasteiger partial charge on any atom is -0.494 e. The first-order chi connectivity index (χ1) is 20.2. The van der Waals surface area contributed by atoms with E-state index in [4.69, 9.17) is 9.47 Å². The maximum atomic E-state index is 13.6. The summed E-state index contributed by atoms with van der Waals surface area (Å²) in [5.41, 5.74) is 4.00. The molecular weight excluding hydrogens is 530 g/mol. The molecule has 2 amide bonds. The van der Waals surface area contributed by atoms with Crippen LogP contribution in [0.15, 0.2) is 66.7 Å². The molecule has 0 aromatic heterocycles. The molecule has 1 aliphatic rings. The van der Waals surface area contributed by atoms with Crippen LogP contribution in [-0.4, -0.2) is 67.8 Å². The molecule has 0 fully saturated rings. The van der Waals surface area contributed by atoms with Crippen molar-refractivity contribution in [2.45, 2.75) is 57.7 Å². The van der Waals surface area contributed by atoms with Crippen molar-refractivity contribution in [1.29, 1.82) is 0 Å². The molecule has 3 aromatic rings. The van der Waals surface area contributed by atoms with Gasteiger partial charge in [0.2, 0.25) is 0 Å². The van der Waals surface area contributed by atoms with Crippen molar-refractivity contribution in [3.05, 3.63) is 94.5 Å². The quantitative estimate of drug-likeness (QED) is 0.384. The van der Waals surface area contributed by atoms with Crippen LogP contribution >= 0.6 is 0 Å². The van der Waals surface area contributed by atoms with Crippen LogP contribution < -0.4 is 20.1 Å². The van der Waals surface area contributed by atoms with Crippen LogP contribution in [0.5, 0.6) is 11.5 Å². The number of hydrogen-bond acceptors (Lipinski definition) is 6. The summed E-state index contributed by atoms with van der Waals surface area (Å²) in [5.74, 6) is 1.02. The van der Waals surface area contributed by atoms with E-state index in [2.05, 4.69) is 42.7 Å². The number of hydrogen-bond donors (Lipinski definition) is 3. The van der Waals surface area contributed by atoms with Gasteiger partial charge in [0.05, 0.1) is 25.4 Å². The fraction of sp³-hybridized carbons (Fsp3) is 0.412. The number of rotatable bonds is 7. The van der Waals surface area contributed by atoms with Crippen LogP contribution in [0.3, 0.4) is 0 Å². The number of aliphatic hydroxyl groups excluding tert-OH is 1. The Kier molecular flexibility index (Phi) is 11.0. The van der Waals surface area contributed by atoms with Crippen molar-refractivity contribution < 1.29 is 24.2 Å². The first kappa shape index (κ1) is 31.1. The summed E-state index contributed by atoms with van der Waals surface area (Å²) < 4.78 is 11.9. The van der Waals surface area contributed by atoms with Crippen LogP contribution in [0.1, 0.15) is 70.0 Å². The Bertz CT molecular complexity index is 1360. The van der Waals surface area contributed by atoms with Crippen molar-refractivity contribution >= 4 is 11.8 Å². The Hall–Kier alpha value is -3.88. The lowest BCUT2D eigenvalue weighted by Crippen LogP contribution is -2.48. The van der Waals surface area contributed by atoms with Gasteiger partial charge in [-0.2, -0.15) is 0 Å². The largest absolute Gasteiger partial charge is 0.494 e. The zero-order valence-electron chi connectivity index (χ0n) is 25.1. The zero-order valence-corrected chi connectivity index (χ0v) is 25.1. The summed E-state index contributed by atoms with van der Waals surface area (Å²) in [4.78, 5) is 27.9. The van der Waals surface area contributed by atoms with Gasteiger partial charge in [-0.3, -0.25) is 9.59 Å². The van der Waals surface area contributed by atoms with Crippen LogP contribution in [-0.2, 0) is 13.0 Å². The third kappa shape index (κ3) is 8.81. The average Bonchev–Trinajstić information content (AvgIpc) is 2.97. The van der Waals surface area contributed by atoms with E-state index in [9.17, 15) is 14.7 Å². The molecule has 224 valence electrons. The van der Waals surface area contributed by atoms with Gasteiger partial charge >= 0.3 is 0 Å². The van der Waals surface area contributed by atoms with Crippen molar-refractivity contribution in [3.8, 4) is 11.5 Å². The Morgan fingerprint density at radius 1 is 1.00 bits per heavy atom. The van der Waals surface area contributed by atoms with E-state index in [1.54, 1.807) is 32.3 Å². The highest BCUT2D eigenvalue weighted by Crippen LogP contribution is 2.21. The van der Waals surface area contributed by atoms with Crippen LogP contribution in [0.25, 0.3) is 0 Å². The maximum Gasteiger partial charge on any atom is 0.253 e. The van der Waals surface area contributed by atoms with E-state index in [0.29, 0.717) is 49.0 Å². The smallest absolute Gasteiger partial charge is 0.253 e. The maximum absolute atomic E-state index is 13.6. The number of fused-ring (bicyclic) bond motifs is 4. The lowest BCUT2D eigenvalue weighted by atomic mass is 9.99. The summed E-state index contributed by atoms with van der Waals surface area (Å²) in [7, 11) is 3.33. The summed E-state index contributed by atoms with van der Waals surface area (Å²) in [6, 6.07) is 20.4. The first-order valence-corrected chi connectivity index (χ1v) is 14.7. The lowest BCUT2D eigenvalue weighted by molar-refractivity contribution is 0.0825. The van der Waals surface area contributed by atoms with Crippen molar-refractivity contribution in [3.63, 3.8) is 0 Å². The molecule has 1 aliphatic heterocycles. The van der Waals surface area contributed by atoms with Crippen LogP contribution in [0.4, 0.5) is 0 Å². The van der Waals surface area contributed by atoms with Gasteiger partial charge in [-0.1, -0.05) is 50.2 Å². The van der Waals surface area contributed by atoms with Gasteiger partial charge < -0.3 is 30.1 Å². The Morgan fingerprint density at radius 3 is 2.48 bits per heavy atom. The molecule has 4 bridgehead atoms. The molecule has 2 atom stereocenters. The van der Waals surface area contributed by atoms with E-state index in [1.807, 2.05) is 30.3 Å². The predicted molar refractivity (Wildman–Crippen MR) is 164 cm³/mol. The molecule has 0 saturated heterocycles. The van der Waals surface area contributed by atoms with E-state index in [-0.39, 0.29) is 18.4 Å². The molecule has 0 aliphatic carbocycles. The van der Waals surface area contributed by atoms with E-state index in [1.165, 1.54) is 10.5 Å². The van der Waals surface area contributed by atoms with E-state index < -0.39 is 12.1 Å². The fourth-order valence-corrected chi connectivity index (χ4v) is 4.90. The summed E-state index contributed by atoms with van der Waals surface area (Å²) >= 11 is 0. The topological polar surface area (TPSA) is 100 Å². The summed E-state index contributed by atoms with van der Waals surface area (Å²) in [5, 5.41) is 17.7. The summed E-state index contributed by atoms with van der Waals surface area (Å²) in [6.45, 7) is 6.17. The minimum absolute atomic E-state index is 0.226. The highest BCUT2D eigenvalue weighted by Gasteiger charge is 2.24. The standard InChI is InChI=1S/C34H43N3O5/c1-23(2)26-11-7-10-25(15-26)21-35-22-32(38)31-17-24-9-8-12-29(16-24)41-13-5-6-14-42-30-19-27(33(39)36-31)18-28(20-30)34(40)37(3)4/h7-12,15-16,18-20,23,31-32,35,38H,5-6,13-14,17,21-22H2,1-4H3,(H,36,39)/t31-,32+/m0/s1. The first-order valence-electron chi connectivity index (χ1n) is 14.7. The number of ether oxygens (including phenoxy) is 2. The second-order valence-electron chi connectivity index (χ2n) is 11.4. The molecule has 3 aromatic carbocycles. The molecule has 8 nitrogen and oxygen atoms in total. The normalized spacial score (nSPS) is 16.6. The van der Waals surface area contributed by atoms with E-state index in [0.717, 1.165) is 29.7 Å². The second-order valence-corrected chi connectivity index (χ2v) is 11.4. The molecule has 42 heavy (non-hydrogen) atoms. The van der Waals surface area contributed by atoms with Crippen molar-refractivity contribution in [2.24, 2.45) is 0 Å². The minimum atomic E-state index is -0.881. The number of aliphatic hydroxyl groups is 1. The third-order valence-electron chi connectivity index (χ3n) is 7.33. The van der Waals surface area contributed by atoms with Crippen LogP contribution in [0.2, 0.25) is 0 Å². The monoisotopic (exact) mass is 573 g/mol. The molecule has 0 saturated carbocycles. The molecular formula is C34H43N3O5. The van der Waals surface area contributed by atoms with Gasteiger partial charge in [0.1, 0.15) is 11.5 Å². The molecule has 3 N–H and O–H groups in total. The zero-order chi connectivity index (χ0) is 30.1. The number of amides is 2. The average molecular weight is 574 g/mol. The molecule has 0 unspecified atom stereocenters. The van der Waals surface area contributed by atoms with Gasteiger partial charge in [0, 0.05) is 38.3 Å². The van der Waals surface area contributed by atoms with Crippen molar-refractivity contribution in [2.75, 3.05) is 33.9 Å². The van der Waals surface area contributed by atoms with E-state index >= 15 is 0 Å². The number of nitrogens with zero attached hydrogens (tertiary/aromatic N) is 1. The fourth-order valence-electron chi connectivity index (χ4n) is 4.90. The lowest BCUT2D eigenvalue weighted by Gasteiger charge is -2.25. The Balaban J connectivity index is 1.57. The molecule has 1 heterocycles. The third-order valence-corrected chi connectivity index (χ3v) is 7.33. The van der Waals surface area contributed by atoms with Crippen LogP contribution in [0, 0.1) is 0 Å². The SMILES string of the molecule is CC(C)c1cccc(CNC[C@@H](O)[C@@H]2Cc3cccc(c3)OCCCCOc3cc(cc(C(=O)N(C)C)c3)C(=O)N2)c1. The second kappa shape index (κ2) is 14.8. The molecule has 0 spiro atoms. The Morgan fingerprint density at radius 2 is 1.74 bits per heavy atom. The number of carbonyl (C=O) groups is 2. The van der Waals surface area contributed by atoms with Gasteiger partial charge in [-0.05, 0) is 72.2 Å². The highest BCUT2D eigenvalue weighted by atomic mass is 16.5. The summed E-state index contributed by atoms with van der Waals surface area (Å²) in [6.07, 6.45) is 1.07. The van der Waals surface area contributed by atoms with Gasteiger partial charge in [-0.25, -0.2) is 0 Å². The Labute approximate surface area is 249 Å². The van der Waals surface area contributed by atoms with Gasteiger partial charge in [0.25, 0.3) is 11.8 Å². The number of nitrogens with one attached hydrogen (secondary N) is 2. The van der Waals surface area contributed by atoms with Gasteiger partial charge in [-0.15, -0.1) is 0 Å².